The van der Waals surface area contributed by atoms with Crippen LogP contribution in [0.1, 0.15) is 29.3 Å². The van der Waals surface area contributed by atoms with Gasteiger partial charge in [0.25, 0.3) is 0 Å². The largest absolute Gasteiger partial charge is 0.295 e. The van der Waals surface area contributed by atoms with Crippen LogP contribution in [-0.2, 0) is 0 Å². The first-order chi connectivity index (χ1) is 9.97. The Morgan fingerprint density at radius 1 is 1.14 bits per heavy atom. The van der Waals surface area contributed by atoms with Gasteiger partial charge in [0.15, 0.2) is 0 Å². The zero-order valence-electron chi connectivity index (χ0n) is 12.2. The molecule has 0 fully saturated rings. The summed E-state index contributed by atoms with van der Waals surface area (Å²) in [5.41, 5.74) is 5.63. The van der Waals surface area contributed by atoms with Gasteiger partial charge < -0.3 is 0 Å². The van der Waals surface area contributed by atoms with Crippen LogP contribution in [0.15, 0.2) is 40.9 Å². The molecular formula is C17H16BrClN2. The van der Waals surface area contributed by atoms with Gasteiger partial charge in [-0.3, -0.25) is 4.57 Å². The third-order valence-corrected chi connectivity index (χ3v) is 4.28. The number of benzene rings is 2. The molecule has 0 aliphatic carbocycles. The highest BCUT2D eigenvalue weighted by molar-refractivity contribution is 9.10. The van der Waals surface area contributed by atoms with Gasteiger partial charge in [0.2, 0.25) is 0 Å². The van der Waals surface area contributed by atoms with Crippen LogP contribution in [0.3, 0.4) is 0 Å². The molecular weight excluding hydrogens is 348 g/mol. The first kappa shape index (κ1) is 14.6. The van der Waals surface area contributed by atoms with Crippen molar-refractivity contribution >= 4 is 38.6 Å². The number of fused-ring (bicyclic) bond motifs is 1. The lowest BCUT2D eigenvalue weighted by molar-refractivity contribution is 0.878. The zero-order chi connectivity index (χ0) is 15.1. The standard InChI is InChI=1S/C17H16BrClN2/c1-10-4-6-15(11(2)8-10)21-16-7-5-13(18)9-14(16)20-17(21)12(3)19/h4-9,12H,1-3H3. The van der Waals surface area contributed by atoms with Gasteiger partial charge in [0.1, 0.15) is 5.82 Å². The molecule has 0 aliphatic heterocycles. The molecule has 1 unspecified atom stereocenters. The van der Waals surface area contributed by atoms with Crippen molar-refractivity contribution in [1.29, 1.82) is 0 Å². The number of aromatic nitrogens is 2. The molecule has 0 N–H and O–H groups in total. The predicted octanol–water partition coefficient (Wildman–Crippen LogP) is 5.70. The minimum absolute atomic E-state index is 0.156. The molecule has 3 rings (SSSR count). The fourth-order valence-corrected chi connectivity index (χ4v) is 3.14. The van der Waals surface area contributed by atoms with Crippen LogP contribution in [0.2, 0.25) is 0 Å². The molecule has 0 bridgehead atoms. The monoisotopic (exact) mass is 362 g/mol. The van der Waals surface area contributed by atoms with Crippen molar-refractivity contribution in [2.24, 2.45) is 0 Å². The van der Waals surface area contributed by atoms with E-state index in [0.717, 1.165) is 27.0 Å². The minimum Gasteiger partial charge on any atom is -0.295 e. The van der Waals surface area contributed by atoms with E-state index in [1.807, 2.05) is 19.1 Å². The molecule has 1 aromatic heterocycles. The number of halogens is 2. The lowest BCUT2D eigenvalue weighted by Gasteiger charge is -2.14. The molecule has 0 spiro atoms. The first-order valence-corrected chi connectivity index (χ1v) is 8.10. The van der Waals surface area contributed by atoms with Gasteiger partial charge in [-0.1, -0.05) is 33.6 Å². The number of rotatable bonds is 2. The van der Waals surface area contributed by atoms with Gasteiger partial charge >= 0.3 is 0 Å². The highest BCUT2D eigenvalue weighted by Crippen LogP contribution is 2.31. The molecule has 3 aromatic rings. The van der Waals surface area contributed by atoms with Gasteiger partial charge in [-0.15, -0.1) is 11.6 Å². The third kappa shape index (κ3) is 2.60. The van der Waals surface area contributed by atoms with E-state index in [0.29, 0.717) is 0 Å². The van der Waals surface area contributed by atoms with Crippen molar-refractivity contribution in [2.75, 3.05) is 0 Å². The smallest absolute Gasteiger partial charge is 0.132 e. The second-order valence-corrected chi connectivity index (χ2v) is 6.91. The molecule has 0 saturated heterocycles. The Balaban J connectivity index is 2.36. The van der Waals surface area contributed by atoms with Crippen LogP contribution in [0, 0.1) is 13.8 Å². The van der Waals surface area contributed by atoms with Crippen LogP contribution in [0.5, 0.6) is 0 Å². The average Bonchev–Trinajstić information content (AvgIpc) is 2.77. The summed E-state index contributed by atoms with van der Waals surface area (Å²) in [6, 6.07) is 12.6. The summed E-state index contributed by atoms with van der Waals surface area (Å²) in [7, 11) is 0. The second-order valence-electron chi connectivity index (χ2n) is 5.34. The van der Waals surface area contributed by atoms with Crippen LogP contribution in [0.4, 0.5) is 0 Å². The van der Waals surface area contributed by atoms with Crippen molar-refractivity contribution in [3.8, 4) is 5.69 Å². The maximum Gasteiger partial charge on any atom is 0.132 e. The van der Waals surface area contributed by atoms with Crippen LogP contribution in [-0.4, -0.2) is 9.55 Å². The Morgan fingerprint density at radius 2 is 1.90 bits per heavy atom. The predicted molar refractivity (Wildman–Crippen MR) is 92.5 cm³/mol. The Bertz CT molecular complexity index is 821. The molecule has 1 atom stereocenters. The van der Waals surface area contributed by atoms with E-state index in [2.05, 4.69) is 58.6 Å². The lowest BCUT2D eigenvalue weighted by Crippen LogP contribution is -2.03. The summed E-state index contributed by atoms with van der Waals surface area (Å²) < 4.78 is 3.18. The van der Waals surface area contributed by atoms with Crippen molar-refractivity contribution in [3.05, 3.63) is 57.8 Å². The fourth-order valence-electron chi connectivity index (χ4n) is 2.65. The minimum atomic E-state index is -0.156. The van der Waals surface area contributed by atoms with E-state index in [1.165, 1.54) is 11.1 Å². The summed E-state index contributed by atoms with van der Waals surface area (Å²) in [6.45, 7) is 6.18. The maximum absolute atomic E-state index is 6.36. The molecule has 1 heterocycles. The quantitative estimate of drug-likeness (QED) is 0.534. The summed E-state index contributed by atoms with van der Waals surface area (Å²) in [4.78, 5) is 4.71. The van der Waals surface area contributed by atoms with Gasteiger partial charge in [0.05, 0.1) is 22.1 Å². The molecule has 0 radical (unpaired) electrons. The van der Waals surface area contributed by atoms with Crippen molar-refractivity contribution in [1.82, 2.24) is 9.55 Å². The normalized spacial score (nSPS) is 12.8. The Kier molecular flexibility index (Phi) is 3.80. The van der Waals surface area contributed by atoms with E-state index in [-0.39, 0.29) is 5.38 Å². The molecule has 2 nitrogen and oxygen atoms in total. The number of aryl methyl sites for hydroxylation is 2. The highest BCUT2D eigenvalue weighted by atomic mass is 79.9. The Labute approximate surface area is 137 Å². The van der Waals surface area contributed by atoms with E-state index in [9.17, 15) is 0 Å². The van der Waals surface area contributed by atoms with E-state index < -0.39 is 0 Å². The van der Waals surface area contributed by atoms with E-state index in [4.69, 9.17) is 16.6 Å². The summed E-state index contributed by atoms with van der Waals surface area (Å²) in [5, 5.41) is -0.156. The molecule has 2 aromatic carbocycles. The topological polar surface area (TPSA) is 17.8 Å². The van der Waals surface area contributed by atoms with Crippen LogP contribution in [0.25, 0.3) is 16.7 Å². The second kappa shape index (κ2) is 5.47. The molecule has 0 saturated carbocycles. The fraction of sp³-hybridized carbons (Fsp3) is 0.235. The number of hydrogen-bond donors (Lipinski definition) is 0. The van der Waals surface area contributed by atoms with Gasteiger partial charge in [0, 0.05) is 4.47 Å². The lowest BCUT2D eigenvalue weighted by atomic mass is 10.1. The number of hydrogen-bond acceptors (Lipinski definition) is 1. The van der Waals surface area contributed by atoms with Crippen molar-refractivity contribution in [3.63, 3.8) is 0 Å². The van der Waals surface area contributed by atoms with Crippen LogP contribution < -0.4 is 0 Å². The Morgan fingerprint density at radius 3 is 2.57 bits per heavy atom. The molecule has 21 heavy (non-hydrogen) atoms. The number of alkyl halides is 1. The molecule has 4 heteroatoms. The molecule has 0 aliphatic rings. The van der Waals surface area contributed by atoms with Gasteiger partial charge in [-0.25, -0.2) is 4.98 Å². The van der Waals surface area contributed by atoms with Gasteiger partial charge in [-0.05, 0) is 50.6 Å². The summed E-state index contributed by atoms with van der Waals surface area (Å²) in [5.74, 6) is 0.872. The van der Waals surface area contributed by atoms with Gasteiger partial charge in [-0.2, -0.15) is 0 Å². The molecule has 108 valence electrons. The van der Waals surface area contributed by atoms with Crippen molar-refractivity contribution in [2.45, 2.75) is 26.1 Å². The van der Waals surface area contributed by atoms with E-state index in [1.54, 1.807) is 0 Å². The maximum atomic E-state index is 6.36. The number of imidazole rings is 1. The van der Waals surface area contributed by atoms with Crippen molar-refractivity contribution < 1.29 is 0 Å². The number of nitrogens with zero attached hydrogens (tertiary/aromatic N) is 2. The average molecular weight is 364 g/mol. The molecule has 0 amide bonds. The Hall–Kier alpha value is -1.32. The zero-order valence-corrected chi connectivity index (χ0v) is 14.5. The SMILES string of the molecule is Cc1ccc(-n2c(C(C)Cl)nc3cc(Br)ccc32)c(C)c1. The summed E-state index contributed by atoms with van der Waals surface area (Å²) in [6.07, 6.45) is 0. The highest BCUT2D eigenvalue weighted by Gasteiger charge is 2.17. The first-order valence-electron chi connectivity index (χ1n) is 6.87. The van der Waals surface area contributed by atoms with Crippen LogP contribution >= 0.6 is 27.5 Å². The van der Waals surface area contributed by atoms with E-state index >= 15 is 0 Å². The third-order valence-electron chi connectivity index (χ3n) is 3.59. The summed E-state index contributed by atoms with van der Waals surface area (Å²) >= 11 is 9.86.